The maximum absolute atomic E-state index is 11.8. The molecule has 0 atom stereocenters. The van der Waals surface area contributed by atoms with Crippen molar-refractivity contribution in [3.05, 3.63) is 36.4 Å². The number of aromatic nitrogens is 3. The topological polar surface area (TPSA) is 76.9 Å². The van der Waals surface area contributed by atoms with Crippen molar-refractivity contribution in [3.63, 3.8) is 0 Å². The van der Waals surface area contributed by atoms with Crippen molar-refractivity contribution in [2.24, 2.45) is 13.0 Å². The van der Waals surface area contributed by atoms with Gasteiger partial charge in [-0.3, -0.25) is 9.67 Å². The summed E-state index contributed by atoms with van der Waals surface area (Å²) in [6, 6.07) is 1.92. The third-order valence-electron chi connectivity index (χ3n) is 2.88. The zero-order valence-electron chi connectivity index (χ0n) is 12.4. The number of hydrogen-bond donors (Lipinski definition) is 1. The molecule has 0 spiro atoms. The Kier molecular flexibility index (Phi) is 4.74. The summed E-state index contributed by atoms with van der Waals surface area (Å²) in [6.45, 7) is 4.00. The van der Waals surface area contributed by atoms with Crippen molar-refractivity contribution in [1.29, 1.82) is 0 Å². The molecule has 0 saturated heterocycles. The van der Waals surface area contributed by atoms with Gasteiger partial charge in [0.05, 0.1) is 11.9 Å². The van der Waals surface area contributed by atoms with Crippen molar-refractivity contribution >= 4 is 10.0 Å². The number of hydrogen-bond acceptors (Lipinski definition) is 4. The van der Waals surface area contributed by atoms with E-state index in [-0.39, 0.29) is 18.2 Å². The maximum atomic E-state index is 11.8. The molecule has 0 aliphatic rings. The first-order valence-electron chi connectivity index (χ1n) is 6.76. The van der Waals surface area contributed by atoms with E-state index in [0.717, 1.165) is 16.7 Å². The van der Waals surface area contributed by atoms with Crippen molar-refractivity contribution in [1.82, 2.24) is 19.5 Å². The van der Waals surface area contributed by atoms with Crippen LogP contribution in [0.15, 0.2) is 30.9 Å². The summed E-state index contributed by atoms with van der Waals surface area (Å²) in [5.74, 6) is 0.227. The Balaban J connectivity index is 2.08. The molecule has 0 bridgehead atoms. The lowest BCUT2D eigenvalue weighted by Gasteiger charge is -2.09. The summed E-state index contributed by atoms with van der Waals surface area (Å²) in [5.41, 5.74) is 2.70. The summed E-state index contributed by atoms with van der Waals surface area (Å²) in [5, 5.41) is 4.12. The van der Waals surface area contributed by atoms with E-state index in [9.17, 15) is 8.42 Å². The first kappa shape index (κ1) is 15.7. The first-order chi connectivity index (χ1) is 9.85. The minimum absolute atomic E-state index is 0.0994. The lowest BCUT2D eigenvalue weighted by molar-refractivity contribution is 0.568. The molecular weight excluding hydrogens is 288 g/mol. The SMILES string of the molecule is CC(C)CS(=O)(=O)NCc1cncc(-c2cnn(C)c2)c1. The van der Waals surface area contributed by atoms with Gasteiger partial charge in [0.15, 0.2) is 0 Å². The van der Waals surface area contributed by atoms with Crippen LogP contribution in [-0.4, -0.2) is 28.9 Å². The average molecular weight is 308 g/mol. The highest BCUT2D eigenvalue weighted by molar-refractivity contribution is 7.89. The van der Waals surface area contributed by atoms with Gasteiger partial charge in [-0.2, -0.15) is 5.10 Å². The molecular formula is C14H20N4O2S. The Hall–Kier alpha value is -1.73. The molecule has 2 rings (SSSR count). The van der Waals surface area contributed by atoms with E-state index in [1.54, 1.807) is 23.3 Å². The molecule has 0 saturated carbocycles. The molecule has 0 fully saturated rings. The Morgan fingerprint density at radius 1 is 1.24 bits per heavy atom. The molecule has 2 aromatic heterocycles. The standard InChI is InChI=1S/C14H20N4O2S/c1-11(2)10-21(19,20)17-6-12-4-13(7-15-5-12)14-8-16-18(3)9-14/h4-5,7-9,11,17H,6,10H2,1-3H3. The van der Waals surface area contributed by atoms with Crippen molar-refractivity contribution in [2.75, 3.05) is 5.75 Å². The van der Waals surface area contributed by atoms with Crippen LogP contribution in [0.4, 0.5) is 0 Å². The van der Waals surface area contributed by atoms with Gasteiger partial charge in [0.1, 0.15) is 0 Å². The second-order valence-corrected chi connectivity index (χ2v) is 7.33. The van der Waals surface area contributed by atoms with E-state index in [1.165, 1.54) is 0 Å². The fourth-order valence-corrected chi connectivity index (χ4v) is 3.39. The van der Waals surface area contributed by atoms with Crippen molar-refractivity contribution in [2.45, 2.75) is 20.4 Å². The van der Waals surface area contributed by atoms with E-state index in [2.05, 4.69) is 14.8 Å². The third kappa shape index (κ3) is 4.64. The predicted octanol–water partition coefficient (Wildman–Crippen LogP) is 1.56. The quantitative estimate of drug-likeness (QED) is 0.878. The van der Waals surface area contributed by atoms with Crippen molar-refractivity contribution in [3.8, 4) is 11.1 Å². The number of sulfonamides is 1. The van der Waals surface area contributed by atoms with E-state index >= 15 is 0 Å². The van der Waals surface area contributed by atoms with Gasteiger partial charge >= 0.3 is 0 Å². The zero-order chi connectivity index (χ0) is 15.5. The fourth-order valence-electron chi connectivity index (χ4n) is 2.00. The van der Waals surface area contributed by atoms with E-state index in [1.807, 2.05) is 33.2 Å². The summed E-state index contributed by atoms with van der Waals surface area (Å²) < 4.78 is 28.0. The Labute approximate surface area is 125 Å². The molecule has 114 valence electrons. The molecule has 6 nitrogen and oxygen atoms in total. The maximum Gasteiger partial charge on any atom is 0.212 e. The molecule has 0 unspecified atom stereocenters. The van der Waals surface area contributed by atoms with Crippen LogP contribution in [0.3, 0.4) is 0 Å². The summed E-state index contributed by atoms with van der Waals surface area (Å²) in [6.07, 6.45) is 7.05. The van der Waals surface area contributed by atoms with E-state index in [0.29, 0.717) is 0 Å². The van der Waals surface area contributed by atoms with Crippen LogP contribution in [-0.2, 0) is 23.6 Å². The summed E-state index contributed by atoms with van der Waals surface area (Å²) in [7, 11) is -1.40. The minimum Gasteiger partial charge on any atom is -0.275 e. The smallest absolute Gasteiger partial charge is 0.212 e. The molecule has 21 heavy (non-hydrogen) atoms. The number of nitrogens with one attached hydrogen (secondary N) is 1. The van der Waals surface area contributed by atoms with Gasteiger partial charge in [-0.05, 0) is 17.5 Å². The largest absolute Gasteiger partial charge is 0.275 e. The van der Waals surface area contributed by atoms with Crippen LogP contribution >= 0.6 is 0 Å². The Morgan fingerprint density at radius 2 is 2.00 bits per heavy atom. The Bertz CT molecular complexity index is 707. The van der Waals surface area contributed by atoms with Gasteiger partial charge < -0.3 is 0 Å². The van der Waals surface area contributed by atoms with Gasteiger partial charge in [0.2, 0.25) is 10.0 Å². The second-order valence-electron chi connectivity index (χ2n) is 5.48. The molecule has 1 N–H and O–H groups in total. The van der Waals surface area contributed by atoms with Crippen LogP contribution in [0.25, 0.3) is 11.1 Å². The van der Waals surface area contributed by atoms with Gasteiger partial charge in [-0.25, -0.2) is 13.1 Å². The molecule has 0 aliphatic heterocycles. The third-order valence-corrected chi connectivity index (χ3v) is 4.57. The van der Waals surface area contributed by atoms with Gasteiger partial charge in [-0.15, -0.1) is 0 Å². The van der Waals surface area contributed by atoms with Gasteiger partial charge in [-0.1, -0.05) is 13.8 Å². The highest BCUT2D eigenvalue weighted by Gasteiger charge is 2.12. The molecule has 0 radical (unpaired) electrons. The van der Waals surface area contributed by atoms with E-state index < -0.39 is 10.0 Å². The number of rotatable bonds is 6. The normalized spacial score (nSPS) is 12.0. The van der Waals surface area contributed by atoms with Crippen LogP contribution in [0.2, 0.25) is 0 Å². The molecule has 2 heterocycles. The van der Waals surface area contributed by atoms with Crippen LogP contribution in [0.1, 0.15) is 19.4 Å². The lowest BCUT2D eigenvalue weighted by atomic mass is 10.1. The highest BCUT2D eigenvalue weighted by atomic mass is 32.2. The number of aryl methyl sites for hydroxylation is 1. The van der Waals surface area contributed by atoms with Crippen LogP contribution < -0.4 is 4.72 Å². The monoisotopic (exact) mass is 308 g/mol. The number of pyridine rings is 1. The zero-order valence-corrected chi connectivity index (χ0v) is 13.3. The molecule has 0 aliphatic carbocycles. The van der Waals surface area contributed by atoms with Crippen LogP contribution in [0, 0.1) is 5.92 Å². The highest BCUT2D eigenvalue weighted by Crippen LogP contribution is 2.18. The molecule has 0 amide bonds. The van der Waals surface area contributed by atoms with Gasteiger partial charge in [0.25, 0.3) is 0 Å². The molecule has 2 aromatic rings. The van der Waals surface area contributed by atoms with Crippen LogP contribution in [0.5, 0.6) is 0 Å². The Morgan fingerprint density at radius 3 is 2.62 bits per heavy atom. The van der Waals surface area contributed by atoms with E-state index in [4.69, 9.17) is 0 Å². The second kappa shape index (κ2) is 6.36. The van der Waals surface area contributed by atoms with Gasteiger partial charge in [0, 0.05) is 43.3 Å². The molecule has 7 heteroatoms. The number of nitrogens with zero attached hydrogens (tertiary/aromatic N) is 3. The lowest BCUT2D eigenvalue weighted by Crippen LogP contribution is -2.28. The summed E-state index contributed by atoms with van der Waals surface area (Å²) >= 11 is 0. The molecule has 0 aromatic carbocycles. The van der Waals surface area contributed by atoms with Crippen molar-refractivity contribution < 1.29 is 8.42 Å². The summed E-state index contributed by atoms with van der Waals surface area (Å²) in [4.78, 5) is 4.16. The average Bonchev–Trinajstić information content (AvgIpc) is 2.82. The first-order valence-corrected chi connectivity index (χ1v) is 8.41. The minimum atomic E-state index is -3.25. The fraction of sp³-hybridized carbons (Fsp3) is 0.429. The predicted molar refractivity (Wildman–Crippen MR) is 81.9 cm³/mol.